The first-order valence-corrected chi connectivity index (χ1v) is 12.1. The van der Waals surface area contributed by atoms with Crippen LogP contribution in [0.2, 0.25) is 0 Å². The number of hydrogen-bond donors (Lipinski definition) is 5. The number of nitrogens with one attached hydrogen (secondary N) is 3. The molecule has 7 N–H and O–H groups in total. The average Bonchev–Trinajstić information content (AvgIpc) is 2.82. The predicted octanol–water partition coefficient (Wildman–Crippen LogP) is 4.22. The fraction of sp³-hybridized carbons (Fsp3) is 0.345. The molecule has 0 saturated carbocycles. The second-order valence-corrected chi connectivity index (χ2v) is 9.27. The van der Waals surface area contributed by atoms with Crippen LogP contribution in [0.3, 0.4) is 0 Å². The van der Waals surface area contributed by atoms with Crippen LogP contribution in [0.4, 0.5) is 5.69 Å². The minimum atomic E-state index is -0.682. The summed E-state index contributed by atoms with van der Waals surface area (Å²) in [7, 11) is 0. The summed E-state index contributed by atoms with van der Waals surface area (Å²) in [5, 5.41) is 9.69. The lowest BCUT2D eigenvalue weighted by Gasteiger charge is -2.31. The van der Waals surface area contributed by atoms with Gasteiger partial charge in [-0.3, -0.25) is 4.79 Å². The Bertz CT molecular complexity index is 999. The third kappa shape index (κ3) is 8.98. The molecule has 0 saturated heterocycles. The van der Waals surface area contributed by atoms with Crippen LogP contribution in [0, 0.1) is 5.92 Å². The van der Waals surface area contributed by atoms with Gasteiger partial charge < -0.3 is 27.4 Å². The molecule has 1 amide bonds. The van der Waals surface area contributed by atoms with Crippen molar-refractivity contribution in [2.75, 3.05) is 5.32 Å². The molecular weight excluding hydrogens is 434 g/mol. The highest BCUT2D eigenvalue weighted by atomic mass is 16.2. The Hall–Kier alpha value is -3.51. The summed E-state index contributed by atoms with van der Waals surface area (Å²) < 4.78 is 0. The molecule has 4 atom stereocenters. The van der Waals surface area contributed by atoms with Crippen molar-refractivity contribution < 1.29 is 4.79 Å². The van der Waals surface area contributed by atoms with E-state index >= 15 is 0 Å². The number of carbonyl (C=O) groups is 1. The Balaban J connectivity index is 2.04. The van der Waals surface area contributed by atoms with Crippen LogP contribution in [-0.4, -0.2) is 24.0 Å². The zero-order valence-corrected chi connectivity index (χ0v) is 21.3. The summed E-state index contributed by atoms with van der Waals surface area (Å²) >= 11 is 0. The van der Waals surface area contributed by atoms with E-state index < -0.39 is 6.04 Å². The first kappa shape index (κ1) is 27.7. The number of anilines is 1. The smallest absolute Gasteiger partial charge is 0.237 e. The SMILES string of the molecule is C=C(C)Nc1ccc(CC(N)C(=O)NC(C(=C)NC(Cc2ccccc2)C(=C)N)C(C)CC)cc1. The van der Waals surface area contributed by atoms with E-state index in [1.807, 2.05) is 49.4 Å². The van der Waals surface area contributed by atoms with Gasteiger partial charge in [0.1, 0.15) is 0 Å². The molecule has 2 aromatic carbocycles. The molecule has 6 nitrogen and oxygen atoms in total. The highest BCUT2D eigenvalue weighted by Crippen LogP contribution is 2.17. The molecule has 35 heavy (non-hydrogen) atoms. The van der Waals surface area contributed by atoms with Crippen LogP contribution >= 0.6 is 0 Å². The van der Waals surface area contributed by atoms with E-state index in [0.717, 1.165) is 28.9 Å². The van der Waals surface area contributed by atoms with Crippen LogP contribution < -0.4 is 27.4 Å². The maximum Gasteiger partial charge on any atom is 0.237 e. The van der Waals surface area contributed by atoms with Gasteiger partial charge in [0.05, 0.1) is 18.1 Å². The van der Waals surface area contributed by atoms with Crippen LogP contribution in [0.1, 0.15) is 38.3 Å². The zero-order chi connectivity index (χ0) is 26.0. The number of rotatable bonds is 14. The van der Waals surface area contributed by atoms with Gasteiger partial charge in [-0.1, -0.05) is 82.5 Å². The normalized spacial score (nSPS) is 14.2. The van der Waals surface area contributed by atoms with Crippen LogP contribution in [-0.2, 0) is 17.6 Å². The van der Waals surface area contributed by atoms with Gasteiger partial charge in [-0.05, 0) is 48.9 Å². The lowest BCUT2D eigenvalue weighted by molar-refractivity contribution is -0.123. The number of nitrogens with two attached hydrogens (primary N) is 2. The van der Waals surface area contributed by atoms with Crippen LogP contribution in [0.5, 0.6) is 0 Å². The summed E-state index contributed by atoms with van der Waals surface area (Å²) in [5.41, 5.74) is 17.5. The molecule has 0 spiro atoms. The second-order valence-electron chi connectivity index (χ2n) is 9.27. The summed E-state index contributed by atoms with van der Waals surface area (Å²) in [4.78, 5) is 13.0. The molecule has 0 aliphatic carbocycles. The number of allylic oxidation sites excluding steroid dienone is 1. The van der Waals surface area contributed by atoms with Gasteiger partial charge in [0.15, 0.2) is 0 Å². The summed E-state index contributed by atoms with van der Waals surface area (Å²) in [6.07, 6.45) is 1.97. The molecule has 2 rings (SSSR count). The first-order valence-electron chi connectivity index (χ1n) is 12.1. The standard InChI is InChI=1S/C29H41N5O/c1-7-20(4)28(22(6)33-27(21(5)30)18-23-11-9-8-10-12-23)34-29(35)26(31)17-24-13-15-25(16-14-24)32-19(2)3/h8-16,20,26-28,32-33H,2,5-7,17-18,30-31H2,1,3-4H3,(H,34,35). The van der Waals surface area contributed by atoms with Gasteiger partial charge in [-0.2, -0.15) is 0 Å². The predicted molar refractivity (Wildman–Crippen MR) is 147 cm³/mol. The molecule has 2 aromatic rings. The lowest BCUT2D eigenvalue weighted by atomic mass is 9.94. The number of benzene rings is 2. The largest absolute Gasteiger partial charge is 0.401 e. The Morgan fingerprint density at radius 3 is 2.09 bits per heavy atom. The number of hydrogen-bond acceptors (Lipinski definition) is 5. The maximum atomic E-state index is 13.0. The van der Waals surface area contributed by atoms with E-state index in [4.69, 9.17) is 11.5 Å². The second kappa shape index (κ2) is 13.4. The summed E-state index contributed by atoms with van der Waals surface area (Å²) in [6.45, 7) is 18.1. The van der Waals surface area contributed by atoms with E-state index in [2.05, 4.69) is 61.7 Å². The van der Waals surface area contributed by atoms with Crippen molar-refractivity contribution in [2.24, 2.45) is 17.4 Å². The minimum Gasteiger partial charge on any atom is -0.401 e. The van der Waals surface area contributed by atoms with E-state index in [9.17, 15) is 4.79 Å². The van der Waals surface area contributed by atoms with Gasteiger partial charge in [-0.25, -0.2) is 0 Å². The summed E-state index contributed by atoms with van der Waals surface area (Å²) in [6, 6.07) is 16.7. The molecule has 0 heterocycles. The molecule has 0 bridgehead atoms. The Kier molecular flexibility index (Phi) is 10.6. The zero-order valence-electron chi connectivity index (χ0n) is 21.3. The van der Waals surface area contributed by atoms with Crippen LogP contribution in [0.15, 0.2) is 91.4 Å². The van der Waals surface area contributed by atoms with Gasteiger partial charge in [0.25, 0.3) is 0 Å². The first-order chi connectivity index (χ1) is 16.6. The highest BCUT2D eigenvalue weighted by molar-refractivity contribution is 5.82. The molecule has 0 aliphatic rings. The monoisotopic (exact) mass is 475 g/mol. The molecule has 6 heteroatoms. The molecule has 0 radical (unpaired) electrons. The van der Waals surface area contributed by atoms with E-state index in [1.54, 1.807) is 0 Å². The van der Waals surface area contributed by atoms with Gasteiger partial charge in [0, 0.05) is 22.8 Å². The molecule has 188 valence electrons. The Labute approximate surface area is 210 Å². The average molecular weight is 476 g/mol. The highest BCUT2D eigenvalue weighted by Gasteiger charge is 2.26. The molecule has 4 unspecified atom stereocenters. The molecule has 0 aliphatic heterocycles. The van der Waals surface area contributed by atoms with Crippen LogP contribution in [0.25, 0.3) is 0 Å². The minimum absolute atomic E-state index is 0.155. The fourth-order valence-corrected chi connectivity index (χ4v) is 3.82. The quantitative estimate of drug-likeness (QED) is 0.281. The molecule has 0 fully saturated rings. The Morgan fingerprint density at radius 2 is 1.54 bits per heavy atom. The van der Waals surface area contributed by atoms with Crippen molar-refractivity contribution in [3.05, 3.63) is 103 Å². The van der Waals surface area contributed by atoms with E-state index in [-0.39, 0.29) is 23.9 Å². The van der Waals surface area contributed by atoms with Gasteiger partial charge in [-0.15, -0.1) is 0 Å². The molecule has 0 aromatic heterocycles. The van der Waals surface area contributed by atoms with E-state index in [0.29, 0.717) is 24.2 Å². The Morgan fingerprint density at radius 1 is 0.943 bits per heavy atom. The van der Waals surface area contributed by atoms with Crippen molar-refractivity contribution in [3.8, 4) is 0 Å². The number of amides is 1. The van der Waals surface area contributed by atoms with Gasteiger partial charge >= 0.3 is 0 Å². The third-order valence-corrected chi connectivity index (χ3v) is 6.08. The van der Waals surface area contributed by atoms with Crippen molar-refractivity contribution >= 4 is 11.6 Å². The fourth-order valence-electron chi connectivity index (χ4n) is 3.82. The maximum absolute atomic E-state index is 13.0. The van der Waals surface area contributed by atoms with E-state index in [1.165, 1.54) is 0 Å². The van der Waals surface area contributed by atoms with Gasteiger partial charge in [0.2, 0.25) is 5.91 Å². The van der Waals surface area contributed by atoms with Crippen molar-refractivity contribution in [3.63, 3.8) is 0 Å². The topological polar surface area (TPSA) is 105 Å². The lowest BCUT2D eigenvalue weighted by Crippen LogP contribution is -2.52. The number of carbonyl (C=O) groups excluding carboxylic acids is 1. The molecular formula is C29H41N5O. The van der Waals surface area contributed by atoms with Crippen molar-refractivity contribution in [2.45, 2.75) is 58.2 Å². The summed E-state index contributed by atoms with van der Waals surface area (Å²) in [5.74, 6) is -0.0596. The van der Waals surface area contributed by atoms with Crippen molar-refractivity contribution in [1.29, 1.82) is 0 Å². The third-order valence-electron chi connectivity index (χ3n) is 6.08. The van der Waals surface area contributed by atoms with Crippen molar-refractivity contribution in [1.82, 2.24) is 10.6 Å².